The number of nitrogen functional groups attached to an aromatic ring is 3. The minimum atomic E-state index is -1.23. The number of hydrogen-bond donors (Lipinski definition) is 5. The minimum absolute atomic E-state index is 0.0423. The molecule has 1 fully saturated rings. The first kappa shape index (κ1) is 26.4. The molecule has 0 saturated carbocycles. The fourth-order valence-corrected chi connectivity index (χ4v) is 6.46. The van der Waals surface area contributed by atoms with Crippen LogP contribution in [-0.4, -0.2) is 60.6 Å². The highest BCUT2D eigenvalue weighted by atomic mass is 32.2. The van der Waals surface area contributed by atoms with Crippen LogP contribution in [-0.2, 0) is 32.4 Å². The normalized spacial score (nSPS) is 18.9. The van der Waals surface area contributed by atoms with Crippen molar-refractivity contribution in [2.24, 2.45) is 5.16 Å². The first-order valence-electron chi connectivity index (χ1n) is 11.3. The Bertz CT molecular complexity index is 1520. The summed E-state index contributed by atoms with van der Waals surface area (Å²) in [6, 6.07) is 2.50. The van der Waals surface area contributed by atoms with E-state index in [9.17, 15) is 19.5 Å². The number of pyridine rings is 1. The molecule has 17 heteroatoms. The third-order valence-electron chi connectivity index (χ3n) is 5.71. The number of nitrogens with one attached hydrogen (secondary N) is 1. The van der Waals surface area contributed by atoms with Gasteiger partial charge in [-0.3, -0.25) is 14.5 Å². The average molecular weight is 589 g/mol. The van der Waals surface area contributed by atoms with Crippen LogP contribution in [0.1, 0.15) is 11.4 Å². The number of thiazole rings is 2. The lowest BCUT2D eigenvalue weighted by Crippen LogP contribution is -2.71. The molecule has 5 heterocycles. The van der Waals surface area contributed by atoms with Gasteiger partial charge in [-0.2, -0.15) is 4.57 Å². The van der Waals surface area contributed by atoms with Gasteiger partial charge < -0.3 is 32.5 Å². The molecule has 2 aliphatic rings. The quantitative estimate of drug-likeness (QED) is 0.0969. The molecule has 0 bridgehead atoms. The summed E-state index contributed by atoms with van der Waals surface area (Å²) in [6.07, 6.45) is 3.44. The lowest BCUT2D eigenvalue weighted by atomic mass is 10.0. The highest BCUT2D eigenvalue weighted by molar-refractivity contribution is 8.00. The second-order valence-electron chi connectivity index (χ2n) is 8.39. The summed E-state index contributed by atoms with van der Waals surface area (Å²) in [4.78, 5) is 53.2. The van der Waals surface area contributed by atoms with Crippen LogP contribution in [0.3, 0.4) is 0 Å². The van der Waals surface area contributed by atoms with E-state index in [4.69, 9.17) is 22.0 Å². The highest BCUT2D eigenvalue weighted by Gasteiger charge is 2.54. The third-order valence-corrected chi connectivity index (χ3v) is 8.44. The molecule has 39 heavy (non-hydrogen) atoms. The number of carboxylic acids is 1. The van der Waals surface area contributed by atoms with Crippen LogP contribution in [0.15, 0.2) is 51.7 Å². The van der Waals surface area contributed by atoms with E-state index >= 15 is 0 Å². The molecule has 2 aliphatic heterocycles. The Balaban J connectivity index is 1.32. The lowest BCUT2D eigenvalue weighted by Gasteiger charge is -2.49. The van der Waals surface area contributed by atoms with Crippen LogP contribution in [0.5, 0.6) is 0 Å². The molecule has 0 aliphatic carbocycles. The van der Waals surface area contributed by atoms with Gasteiger partial charge in [-0.25, -0.2) is 14.8 Å². The topological polar surface area (TPSA) is 216 Å². The molecule has 1 unspecified atom stereocenters. The molecule has 8 N–H and O–H groups in total. The Labute approximate surface area is 233 Å². The van der Waals surface area contributed by atoms with Crippen LogP contribution in [0.25, 0.3) is 0 Å². The maximum atomic E-state index is 13.2. The first-order valence-corrected chi connectivity index (χ1v) is 14.1. The number of fused-ring (bicyclic) bond motifs is 1. The number of rotatable bonds is 9. The lowest BCUT2D eigenvalue weighted by molar-refractivity contribution is -0.688. The van der Waals surface area contributed by atoms with Gasteiger partial charge in [0.05, 0.1) is 11.4 Å². The van der Waals surface area contributed by atoms with Gasteiger partial charge in [-0.15, -0.1) is 34.4 Å². The number of anilines is 3. The van der Waals surface area contributed by atoms with Crippen LogP contribution >= 0.6 is 34.4 Å². The molecule has 202 valence electrons. The Hall–Kier alpha value is -4.22. The summed E-state index contributed by atoms with van der Waals surface area (Å²) in [5, 5.41) is 19.7. The number of oxime groups is 1. The molecule has 2 amide bonds. The molecule has 2 atom stereocenters. The van der Waals surface area contributed by atoms with E-state index in [1.165, 1.54) is 33.4 Å². The summed E-state index contributed by atoms with van der Waals surface area (Å²) >= 11 is 3.70. The first-order chi connectivity index (χ1) is 18.7. The maximum absolute atomic E-state index is 13.2. The van der Waals surface area contributed by atoms with Gasteiger partial charge in [0, 0.05) is 28.2 Å². The zero-order valence-electron chi connectivity index (χ0n) is 20.0. The third kappa shape index (κ3) is 5.50. The summed E-state index contributed by atoms with van der Waals surface area (Å²) in [7, 11) is 0. The molecule has 0 spiro atoms. The molecule has 3 aromatic heterocycles. The van der Waals surface area contributed by atoms with E-state index in [-0.39, 0.29) is 35.4 Å². The number of hydrogen-bond acceptors (Lipinski definition) is 13. The van der Waals surface area contributed by atoms with E-state index in [2.05, 4.69) is 20.4 Å². The second-order valence-corrected chi connectivity index (χ2v) is 11.3. The number of amides is 2. The monoisotopic (exact) mass is 588 g/mol. The minimum Gasteiger partial charge on any atom is -0.477 e. The molecular formula is C22H22N9O5S3+. The predicted molar refractivity (Wildman–Crippen MR) is 145 cm³/mol. The fraction of sp³-hybridized carbons (Fsp3) is 0.227. The average Bonchev–Trinajstić information content (AvgIpc) is 3.52. The van der Waals surface area contributed by atoms with Crippen LogP contribution in [0.2, 0.25) is 0 Å². The Morgan fingerprint density at radius 3 is 2.67 bits per heavy atom. The number of carbonyl (C=O) groups excluding carboxylic acids is 2. The number of carbonyl (C=O) groups is 3. The van der Waals surface area contributed by atoms with Crippen molar-refractivity contribution >= 4 is 73.9 Å². The molecule has 1 saturated heterocycles. The standard InChI is InChI=1S/C22H21N9O5S3/c23-11-2-1-3-30(5-11)4-10-7-37-19-15(18(33)31(19)16(10)20(34)35)28-17(32)14(13-9-39-22(25)27-13)29-36-6-12-8-38-21(24)26-12/h1-3,5,8-9,15,19H,4,6-7,23H2,(H5-,24,25,26,27,28,32,34,35)/p+1/t15?,19-/m1/s1. The number of aliphatic carboxylic acids is 1. The number of carboxylic acid groups (broad SMARTS) is 1. The van der Waals surface area contributed by atoms with Crippen molar-refractivity contribution in [3.63, 3.8) is 0 Å². The number of thioether (sulfide) groups is 1. The van der Waals surface area contributed by atoms with Gasteiger partial charge >= 0.3 is 5.97 Å². The highest BCUT2D eigenvalue weighted by Crippen LogP contribution is 2.40. The predicted octanol–water partition coefficient (Wildman–Crippen LogP) is -0.00660. The van der Waals surface area contributed by atoms with Crippen LogP contribution in [0.4, 0.5) is 16.0 Å². The van der Waals surface area contributed by atoms with Crippen molar-refractivity contribution in [2.45, 2.75) is 24.6 Å². The summed E-state index contributed by atoms with van der Waals surface area (Å²) in [5.74, 6) is -2.16. The maximum Gasteiger partial charge on any atom is 0.352 e. The van der Waals surface area contributed by atoms with Crippen molar-refractivity contribution in [3.05, 3.63) is 57.9 Å². The SMILES string of the molecule is Nc1ccc[n+](CC2=C(C(=O)O)N3C(=O)C(NC(=O)C(=NOCc4csc(N)n4)c4csc(N)n4)[C@H]3SC2)c1. The van der Waals surface area contributed by atoms with Gasteiger partial charge in [0.25, 0.3) is 11.8 Å². The molecule has 3 aromatic rings. The Morgan fingerprint density at radius 2 is 2.00 bits per heavy atom. The number of nitrogens with two attached hydrogens (primary N) is 3. The largest absolute Gasteiger partial charge is 0.477 e. The van der Waals surface area contributed by atoms with Crippen molar-refractivity contribution in [2.75, 3.05) is 23.0 Å². The van der Waals surface area contributed by atoms with E-state index in [1.54, 1.807) is 34.5 Å². The van der Waals surface area contributed by atoms with Crippen LogP contribution in [0, 0.1) is 0 Å². The fourth-order valence-electron chi connectivity index (χ4n) is 4.03. The zero-order valence-corrected chi connectivity index (χ0v) is 22.5. The van der Waals surface area contributed by atoms with Crippen molar-refractivity contribution in [1.82, 2.24) is 20.2 Å². The van der Waals surface area contributed by atoms with Crippen molar-refractivity contribution in [3.8, 4) is 0 Å². The molecule has 0 radical (unpaired) electrons. The van der Waals surface area contributed by atoms with Crippen molar-refractivity contribution < 1.29 is 28.9 Å². The van der Waals surface area contributed by atoms with Gasteiger partial charge in [0.2, 0.25) is 0 Å². The Kier molecular flexibility index (Phi) is 7.36. The zero-order chi connectivity index (χ0) is 27.7. The summed E-state index contributed by atoms with van der Waals surface area (Å²) in [5.41, 5.74) is 18.7. The summed E-state index contributed by atoms with van der Waals surface area (Å²) < 4.78 is 1.75. The Morgan fingerprint density at radius 1 is 1.23 bits per heavy atom. The van der Waals surface area contributed by atoms with Crippen molar-refractivity contribution in [1.29, 1.82) is 0 Å². The number of β-lactam (4-membered cyclic amide) rings is 1. The number of aromatic nitrogens is 3. The van der Waals surface area contributed by atoms with Gasteiger partial charge in [0.15, 0.2) is 41.5 Å². The molecule has 14 nitrogen and oxygen atoms in total. The van der Waals surface area contributed by atoms with Gasteiger partial charge in [0.1, 0.15) is 22.8 Å². The van der Waals surface area contributed by atoms with Gasteiger partial charge in [-0.1, -0.05) is 5.16 Å². The van der Waals surface area contributed by atoms with E-state index in [0.29, 0.717) is 27.8 Å². The molecule has 5 rings (SSSR count). The van der Waals surface area contributed by atoms with Crippen LogP contribution < -0.4 is 27.1 Å². The summed E-state index contributed by atoms with van der Waals surface area (Å²) in [6.45, 7) is 0.205. The van der Waals surface area contributed by atoms with E-state index in [0.717, 1.165) is 11.3 Å². The van der Waals surface area contributed by atoms with E-state index in [1.807, 2.05) is 0 Å². The molecular weight excluding hydrogens is 567 g/mol. The second kappa shape index (κ2) is 10.9. The smallest absolute Gasteiger partial charge is 0.352 e. The van der Waals surface area contributed by atoms with Gasteiger partial charge in [-0.05, 0) is 6.07 Å². The van der Waals surface area contributed by atoms with E-state index < -0.39 is 29.2 Å². The molecule has 0 aromatic carbocycles. The number of nitrogens with zero attached hydrogens (tertiary/aromatic N) is 5.